The van der Waals surface area contributed by atoms with Crippen LogP contribution in [0.25, 0.3) is 15.3 Å². The van der Waals surface area contributed by atoms with Gasteiger partial charge in [0.05, 0.1) is 23.0 Å². The molecule has 2 heterocycles. The molecule has 2 aromatic carbocycles. The van der Waals surface area contributed by atoms with Crippen LogP contribution in [0.3, 0.4) is 0 Å². The molecule has 1 N–H and O–H groups in total. The van der Waals surface area contributed by atoms with Gasteiger partial charge in [-0.1, -0.05) is 23.5 Å². The summed E-state index contributed by atoms with van der Waals surface area (Å²) >= 11 is 3.35. The predicted octanol–water partition coefficient (Wildman–Crippen LogP) is 5.49. The summed E-state index contributed by atoms with van der Waals surface area (Å²) in [5, 5.41) is 8.74. The van der Waals surface area contributed by atoms with E-state index in [1.807, 2.05) is 47.1 Å². The maximum atomic E-state index is 12.8. The Kier molecular flexibility index (Phi) is 6.14. The van der Waals surface area contributed by atoms with Crippen LogP contribution in [0, 0.1) is 0 Å². The maximum absolute atomic E-state index is 12.8. The highest BCUT2D eigenvalue weighted by Crippen LogP contribution is 2.34. The molecule has 0 aliphatic heterocycles. The number of ether oxygens (including phenoxy) is 1. The van der Waals surface area contributed by atoms with Gasteiger partial charge in [-0.25, -0.2) is 4.98 Å². The molecule has 1 amide bonds. The van der Waals surface area contributed by atoms with E-state index >= 15 is 0 Å². The number of thiazole rings is 1. The fourth-order valence-corrected chi connectivity index (χ4v) is 5.68. The van der Waals surface area contributed by atoms with Crippen molar-refractivity contribution in [1.29, 1.82) is 0 Å². The number of nitrogens with one attached hydrogen (secondary N) is 1. The van der Waals surface area contributed by atoms with E-state index in [-0.39, 0.29) is 5.91 Å². The van der Waals surface area contributed by atoms with Crippen molar-refractivity contribution in [3.8, 4) is 10.9 Å². The Hall–Kier alpha value is -2.84. The number of methoxy groups -OCH3 is 1. The van der Waals surface area contributed by atoms with Crippen molar-refractivity contribution in [3.63, 3.8) is 0 Å². The second kappa shape index (κ2) is 9.34. The van der Waals surface area contributed by atoms with Gasteiger partial charge < -0.3 is 10.1 Å². The van der Waals surface area contributed by atoms with Gasteiger partial charge >= 0.3 is 0 Å². The summed E-state index contributed by atoms with van der Waals surface area (Å²) in [6, 6.07) is 16.1. The molecule has 0 bridgehead atoms. The number of benzene rings is 2. The Balaban J connectivity index is 1.25. The number of carbonyl (C=O) groups is 1. The molecule has 6 nitrogen and oxygen atoms in total. The molecule has 32 heavy (non-hydrogen) atoms. The minimum absolute atomic E-state index is 0.0253. The molecule has 5 rings (SSSR count). The van der Waals surface area contributed by atoms with Crippen molar-refractivity contribution in [2.75, 3.05) is 18.2 Å². The Bertz CT molecular complexity index is 1210. The van der Waals surface area contributed by atoms with Gasteiger partial charge in [0, 0.05) is 16.9 Å². The van der Waals surface area contributed by atoms with Crippen LogP contribution in [0.15, 0.2) is 53.4 Å². The summed E-state index contributed by atoms with van der Waals surface area (Å²) < 4.78 is 8.14. The zero-order chi connectivity index (χ0) is 21.9. The second-order valence-electron chi connectivity index (χ2n) is 7.68. The number of aryl methyl sites for hydroxylation is 1. The summed E-state index contributed by atoms with van der Waals surface area (Å²) in [7, 11) is 1.67. The van der Waals surface area contributed by atoms with Crippen LogP contribution in [0.1, 0.15) is 30.5 Å². The smallest absolute Gasteiger partial charge is 0.225 e. The van der Waals surface area contributed by atoms with Crippen LogP contribution in [0.5, 0.6) is 5.75 Å². The maximum Gasteiger partial charge on any atom is 0.225 e. The lowest BCUT2D eigenvalue weighted by Crippen LogP contribution is -2.16. The molecule has 0 saturated carbocycles. The van der Waals surface area contributed by atoms with Crippen LogP contribution in [-0.4, -0.2) is 33.5 Å². The Morgan fingerprint density at radius 3 is 2.84 bits per heavy atom. The minimum atomic E-state index is 0.0253. The number of amides is 1. The van der Waals surface area contributed by atoms with Gasteiger partial charge in [0.2, 0.25) is 11.0 Å². The topological polar surface area (TPSA) is 69.0 Å². The lowest BCUT2D eigenvalue weighted by molar-refractivity contribution is -0.116. The predicted molar refractivity (Wildman–Crippen MR) is 130 cm³/mol. The van der Waals surface area contributed by atoms with Crippen molar-refractivity contribution in [3.05, 3.63) is 59.8 Å². The molecule has 0 saturated heterocycles. The number of aromatic nitrogens is 3. The monoisotopic (exact) mass is 464 g/mol. The molecule has 0 fully saturated rings. The SMILES string of the molecule is COc1ccc(SCCCC(=O)Nc2c3c(nn2-c2nc4ccccc4s2)CCC3)cc1. The van der Waals surface area contributed by atoms with Gasteiger partial charge in [-0.3, -0.25) is 4.79 Å². The van der Waals surface area contributed by atoms with E-state index in [0.717, 1.165) is 69.6 Å². The number of thioether (sulfide) groups is 1. The highest BCUT2D eigenvalue weighted by molar-refractivity contribution is 7.99. The lowest BCUT2D eigenvalue weighted by atomic mass is 10.2. The molecule has 0 radical (unpaired) electrons. The third-order valence-corrected chi connectivity index (χ3v) is 7.62. The molecule has 4 aromatic rings. The van der Waals surface area contributed by atoms with Crippen LogP contribution < -0.4 is 10.1 Å². The lowest BCUT2D eigenvalue weighted by Gasteiger charge is -2.09. The first kappa shape index (κ1) is 21.0. The number of hydrogen-bond acceptors (Lipinski definition) is 6. The zero-order valence-corrected chi connectivity index (χ0v) is 19.5. The number of hydrogen-bond donors (Lipinski definition) is 1. The number of carbonyl (C=O) groups excluding carboxylic acids is 1. The summed E-state index contributed by atoms with van der Waals surface area (Å²) in [6.45, 7) is 0. The van der Waals surface area contributed by atoms with E-state index in [4.69, 9.17) is 14.8 Å². The largest absolute Gasteiger partial charge is 0.497 e. The molecule has 1 aliphatic rings. The average Bonchev–Trinajstić information content (AvgIpc) is 3.52. The third kappa shape index (κ3) is 4.38. The summed E-state index contributed by atoms with van der Waals surface area (Å²) in [5.41, 5.74) is 3.19. The molecule has 8 heteroatoms. The van der Waals surface area contributed by atoms with Gasteiger partial charge in [-0.15, -0.1) is 11.8 Å². The van der Waals surface area contributed by atoms with E-state index in [0.29, 0.717) is 6.42 Å². The third-order valence-electron chi connectivity index (χ3n) is 5.51. The molecule has 164 valence electrons. The molecular formula is C24H24N4O2S2. The fraction of sp³-hybridized carbons (Fsp3) is 0.292. The highest BCUT2D eigenvalue weighted by Gasteiger charge is 2.25. The van der Waals surface area contributed by atoms with Crippen molar-refractivity contribution >= 4 is 45.0 Å². The number of nitrogens with zero attached hydrogens (tertiary/aromatic N) is 3. The van der Waals surface area contributed by atoms with Gasteiger partial charge in [0.15, 0.2) is 0 Å². The summed E-state index contributed by atoms with van der Waals surface area (Å²) in [4.78, 5) is 18.7. The van der Waals surface area contributed by atoms with E-state index in [2.05, 4.69) is 11.4 Å². The van der Waals surface area contributed by atoms with Crippen molar-refractivity contribution < 1.29 is 9.53 Å². The van der Waals surface area contributed by atoms with E-state index in [1.54, 1.807) is 30.2 Å². The first-order chi connectivity index (χ1) is 15.7. The van der Waals surface area contributed by atoms with Crippen molar-refractivity contribution in [2.24, 2.45) is 0 Å². The van der Waals surface area contributed by atoms with Crippen molar-refractivity contribution in [2.45, 2.75) is 37.0 Å². The Morgan fingerprint density at radius 1 is 1.19 bits per heavy atom. The molecule has 0 spiro atoms. The molecular weight excluding hydrogens is 440 g/mol. The van der Waals surface area contributed by atoms with Crippen LogP contribution in [-0.2, 0) is 17.6 Å². The normalized spacial score (nSPS) is 12.8. The van der Waals surface area contributed by atoms with Gasteiger partial charge in [-0.05, 0) is 67.8 Å². The quantitative estimate of drug-likeness (QED) is 0.276. The van der Waals surface area contributed by atoms with Crippen LogP contribution in [0.2, 0.25) is 0 Å². The van der Waals surface area contributed by atoms with E-state index < -0.39 is 0 Å². The number of para-hydroxylation sites is 1. The number of fused-ring (bicyclic) bond motifs is 2. The van der Waals surface area contributed by atoms with Gasteiger partial charge in [0.1, 0.15) is 11.6 Å². The zero-order valence-electron chi connectivity index (χ0n) is 17.8. The first-order valence-corrected chi connectivity index (χ1v) is 12.5. The van der Waals surface area contributed by atoms with Gasteiger partial charge in [0.25, 0.3) is 0 Å². The molecule has 2 aromatic heterocycles. The minimum Gasteiger partial charge on any atom is -0.497 e. The summed E-state index contributed by atoms with van der Waals surface area (Å²) in [5.74, 6) is 2.56. The molecule has 0 atom stereocenters. The summed E-state index contributed by atoms with van der Waals surface area (Å²) in [6.07, 6.45) is 4.26. The highest BCUT2D eigenvalue weighted by atomic mass is 32.2. The number of anilines is 1. The Morgan fingerprint density at radius 2 is 2.03 bits per heavy atom. The van der Waals surface area contributed by atoms with Crippen molar-refractivity contribution in [1.82, 2.24) is 14.8 Å². The molecule has 1 aliphatic carbocycles. The standard InChI is InChI=1S/C24H24N4O2S2/c1-30-16-11-13-17(14-12-16)31-15-5-10-22(29)26-23-18-6-4-8-19(18)27-28(23)24-25-20-7-2-3-9-21(20)32-24/h2-3,7,9,11-14H,4-6,8,10,15H2,1H3,(H,26,29). The van der Waals surface area contributed by atoms with Crippen LogP contribution in [0.4, 0.5) is 5.82 Å². The first-order valence-electron chi connectivity index (χ1n) is 10.7. The Labute approximate surface area is 195 Å². The van der Waals surface area contributed by atoms with Crippen LogP contribution >= 0.6 is 23.1 Å². The van der Waals surface area contributed by atoms with E-state index in [1.165, 1.54) is 4.90 Å². The molecule has 0 unspecified atom stereocenters. The fourth-order valence-electron chi connectivity index (χ4n) is 3.90. The van der Waals surface area contributed by atoms with E-state index in [9.17, 15) is 4.79 Å². The van der Waals surface area contributed by atoms with Gasteiger partial charge in [-0.2, -0.15) is 9.78 Å². The average molecular weight is 465 g/mol. The second-order valence-corrected chi connectivity index (χ2v) is 9.86. The number of rotatable bonds is 8.